The van der Waals surface area contributed by atoms with Crippen molar-refractivity contribution in [3.63, 3.8) is 0 Å². The van der Waals surface area contributed by atoms with E-state index in [2.05, 4.69) is 45.7 Å². The van der Waals surface area contributed by atoms with Crippen LogP contribution in [-0.2, 0) is 4.79 Å². The molecule has 2 aromatic heterocycles. The summed E-state index contributed by atoms with van der Waals surface area (Å²) in [4.78, 5) is 19.3. The fourth-order valence-electron chi connectivity index (χ4n) is 3.53. The molecule has 0 aliphatic carbocycles. The maximum absolute atomic E-state index is 11.2. The van der Waals surface area contributed by atoms with Gasteiger partial charge in [0.25, 0.3) is 0 Å². The first-order chi connectivity index (χ1) is 13.6. The van der Waals surface area contributed by atoms with Crippen LogP contribution >= 0.6 is 0 Å². The molecule has 2 heterocycles. The maximum Gasteiger partial charge on any atom is 0.221 e. The van der Waals surface area contributed by atoms with Crippen molar-refractivity contribution >= 4 is 28.2 Å². The number of nitrogens with zero attached hydrogens (tertiary/aromatic N) is 1. The van der Waals surface area contributed by atoms with E-state index in [1.54, 1.807) is 0 Å². The Kier molecular flexibility index (Phi) is 4.81. The van der Waals surface area contributed by atoms with E-state index in [9.17, 15) is 4.79 Å². The molecule has 0 radical (unpaired) electrons. The molecule has 0 fully saturated rings. The predicted molar refractivity (Wildman–Crippen MR) is 113 cm³/mol. The van der Waals surface area contributed by atoms with Crippen LogP contribution in [0.25, 0.3) is 10.9 Å². The average molecular weight is 370 g/mol. The maximum atomic E-state index is 11.2. The first-order valence-corrected chi connectivity index (χ1v) is 9.24. The third-order valence-corrected chi connectivity index (χ3v) is 4.73. The number of aromatic nitrogens is 2. The number of nitrogens with one attached hydrogen (secondary N) is 3. The number of benzene rings is 2. The van der Waals surface area contributed by atoms with Gasteiger partial charge >= 0.3 is 0 Å². The van der Waals surface area contributed by atoms with Crippen molar-refractivity contribution in [3.05, 3.63) is 89.9 Å². The monoisotopic (exact) mass is 370 g/mol. The lowest BCUT2D eigenvalue weighted by atomic mass is 9.99. The minimum atomic E-state index is -0.107. The molecule has 0 aliphatic rings. The van der Waals surface area contributed by atoms with Crippen LogP contribution < -0.4 is 10.6 Å². The molecule has 1 atom stereocenters. The van der Waals surface area contributed by atoms with Crippen molar-refractivity contribution in [1.82, 2.24) is 9.97 Å². The number of hydrogen-bond donors (Lipinski definition) is 3. The van der Waals surface area contributed by atoms with Crippen molar-refractivity contribution in [1.29, 1.82) is 0 Å². The quantitative estimate of drug-likeness (QED) is 0.461. The van der Waals surface area contributed by atoms with Gasteiger partial charge in [0.15, 0.2) is 0 Å². The Labute approximate surface area is 163 Å². The predicted octanol–water partition coefficient (Wildman–Crippen LogP) is 5.03. The van der Waals surface area contributed by atoms with Crippen LogP contribution in [0.5, 0.6) is 0 Å². The summed E-state index contributed by atoms with van der Waals surface area (Å²) in [5, 5.41) is 7.59. The van der Waals surface area contributed by atoms with Crippen LogP contribution in [0, 0.1) is 6.92 Å². The summed E-state index contributed by atoms with van der Waals surface area (Å²) in [6.45, 7) is 3.59. The third-order valence-electron chi connectivity index (χ3n) is 4.73. The number of aryl methyl sites for hydroxylation is 1. The lowest BCUT2D eigenvalue weighted by molar-refractivity contribution is -0.114. The van der Waals surface area contributed by atoms with E-state index < -0.39 is 0 Å². The van der Waals surface area contributed by atoms with Crippen LogP contribution in [-0.4, -0.2) is 15.9 Å². The molecule has 28 heavy (non-hydrogen) atoms. The fraction of sp³-hybridized carbons (Fsp3) is 0.130. The summed E-state index contributed by atoms with van der Waals surface area (Å²) in [5.41, 5.74) is 6.07. The van der Waals surface area contributed by atoms with Gasteiger partial charge in [-0.05, 0) is 49.4 Å². The van der Waals surface area contributed by atoms with E-state index in [0.717, 1.165) is 28.3 Å². The van der Waals surface area contributed by atoms with Crippen LogP contribution in [0.15, 0.2) is 72.9 Å². The standard InChI is InChI=1S/C23H22N4O/c1-15-22(19-7-3-4-8-20(19)25-15)23(21-9-5-6-14-24-21)27-18-12-10-17(11-13-18)26-16(2)28/h3-14,23,25,27H,1-2H3,(H,26,28). The van der Waals surface area contributed by atoms with Gasteiger partial charge in [-0.15, -0.1) is 0 Å². The number of rotatable bonds is 5. The second-order valence-electron chi connectivity index (χ2n) is 6.80. The zero-order valence-electron chi connectivity index (χ0n) is 15.9. The summed E-state index contributed by atoms with van der Waals surface area (Å²) in [6, 6.07) is 21.9. The topological polar surface area (TPSA) is 69.8 Å². The minimum absolute atomic E-state index is 0.0820. The number of carbonyl (C=O) groups excluding carboxylic acids is 1. The molecule has 4 aromatic rings. The van der Waals surface area contributed by atoms with Crippen molar-refractivity contribution in [2.45, 2.75) is 19.9 Å². The largest absolute Gasteiger partial charge is 0.373 e. The molecule has 5 nitrogen and oxygen atoms in total. The van der Waals surface area contributed by atoms with Gasteiger partial charge in [0, 0.05) is 46.7 Å². The van der Waals surface area contributed by atoms with Crippen molar-refractivity contribution in [2.24, 2.45) is 0 Å². The van der Waals surface area contributed by atoms with Gasteiger partial charge in [-0.25, -0.2) is 0 Å². The molecule has 140 valence electrons. The van der Waals surface area contributed by atoms with Crippen LogP contribution in [0.2, 0.25) is 0 Å². The number of fused-ring (bicyclic) bond motifs is 1. The lowest BCUT2D eigenvalue weighted by Gasteiger charge is -2.21. The number of pyridine rings is 1. The Morgan fingerprint density at radius 3 is 2.39 bits per heavy atom. The molecule has 4 rings (SSSR count). The van der Waals surface area contributed by atoms with E-state index in [-0.39, 0.29) is 11.9 Å². The number of amides is 1. The molecule has 0 spiro atoms. The molecular formula is C23H22N4O. The summed E-state index contributed by atoms with van der Waals surface area (Å²) < 4.78 is 0. The number of carbonyl (C=O) groups is 1. The molecule has 5 heteroatoms. The highest BCUT2D eigenvalue weighted by Crippen LogP contribution is 2.33. The van der Waals surface area contributed by atoms with E-state index in [1.165, 1.54) is 17.9 Å². The van der Waals surface area contributed by atoms with Crippen LogP contribution in [0.3, 0.4) is 0 Å². The number of aromatic amines is 1. The Morgan fingerprint density at radius 1 is 0.964 bits per heavy atom. The molecule has 0 aliphatic heterocycles. The number of hydrogen-bond acceptors (Lipinski definition) is 3. The van der Waals surface area contributed by atoms with E-state index in [4.69, 9.17) is 0 Å². The van der Waals surface area contributed by atoms with Gasteiger partial charge in [0.2, 0.25) is 5.91 Å². The number of H-pyrrole nitrogens is 1. The summed E-state index contributed by atoms with van der Waals surface area (Å²) in [6.07, 6.45) is 1.81. The molecule has 2 aromatic carbocycles. The Bertz CT molecular complexity index is 1100. The SMILES string of the molecule is CC(=O)Nc1ccc(NC(c2ccccn2)c2c(C)[nH]c3ccccc23)cc1. The highest BCUT2D eigenvalue weighted by atomic mass is 16.1. The number of para-hydroxylation sites is 1. The zero-order chi connectivity index (χ0) is 19.5. The summed E-state index contributed by atoms with van der Waals surface area (Å²) in [5.74, 6) is -0.0820. The van der Waals surface area contributed by atoms with Gasteiger partial charge in [-0.3, -0.25) is 9.78 Å². The van der Waals surface area contributed by atoms with Crippen LogP contribution in [0.4, 0.5) is 11.4 Å². The van der Waals surface area contributed by atoms with E-state index in [0.29, 0.717) is 0 Å². The van der Waals surface area contributed by atoms with Gasteiger partial charge < -0.3 is 15.6 Å². The van der Waals surface area contributed by atoms with Crippen molar-refractivity contribution in [3.8, 4) is 0 Å². The Balaban J connectivity index is 1.75. The van der Waals surface area contributed by atoms with Gasteiger partial charge in [0.1, 0.15) is 0 Å². The Morgan fingerprint density at radius 2 is 1.68 bits per heavy atom. The van der Waals surface area contributed by atoms with Gasteiger partial charge in [-0.2, -0.15) is 0 Å². The molecule has 1 amide bonds. The van der Waals surface area contributed by atoms with E-state index >= 15 is 0 Å². The summed E-state index contributed by atoms with van der Waals surface area (Å²) in [7, 11) is 0. The molecule has 3 N–H and O–H groups in total. The second kappa shape index (κ2) is 7.56. The molecule has 0 saturated heterocycles. The molecule has 0 saturated carbocycles. The Hall–Kier alpha value is -3.60. The van der Waals surface area contributed by atoms with Crippen molar-refractivity contribution < 1.29 is 4.79 Å². The molecule has 0 bridgehead atoms. The molecular weight excluding hydrogens is 348 g/mol. The zero-order valence-corrected chi connectivity index (χ0v) is 15.9. The van der Waals surface area contributed by atoms with Crippen LogP contribution in [0.1, 0.15) is 29.9 Å². The normalized spacial score (nSPS) is 11.9. The number of anilines is 2. The van der Waals surface area contributed by atoms with Gasteiger partial charge in [-0.1, -0.05) is 24.3 Å². The first-order valence-electron chi connectivity index (χ1n) is 9.24. The smallest absolute Gasteiger partial charge is 0.221 e. The highest BCUT2D eigenvalue weighted by Gasteiger charge is 2.21. The van der Waals surface area contributed by atoms with Crippen molar-refractivity contribution in [2.75, 3.05) is 10.6 Å². The second-order valence-corrected chi connectivity index (χ2v) is 6.80. The molecule has 1 unspecified atom stereocenters. The van der Waals surface area contributed by atoms with Gasteiger partial charge in [0.05, 0.1) is 11.7 Å². The third kappa shape index (κ3) is 3.60. The van der Waals surface area contributed by atoms with E-state index in [1.807, 2.05) is 54.7 Å². The lowest BCUT2D eigenvalue weighted by Crippen LogP contribution is -2.14. The highest BCUT2D eigenvalue weighted by molar-refractivity contribution is 5.89. The summed E-state index contributed by atoms with van der Waals surface area (Å²) >= 11 is 0. The minimum Gasteiger partial charge on any atom is -0.373 e. The average Bonchev–Trinajstić information content (AvgIpc) is 3.03. The first kappa shape index (κ1) is 17.8. The fourth-order valence-corrected chi connectivity index (χ4v) is 3.53.